The smallest absolute Gasteiger partial charge is 0.416 e. The summed E-state index contributed by atoms with van der Waals surface area (Å²) in [6.45, 7) is 0.861. The van der Waals surface area contributed by atoms with Gasteiger partial charge in [-0.15, -0.1) is 0 Å². The fraction of sp³-hybridized carbons (Fsp3) is 0.211. The molecule has 0 fully saturated rings. The van der Waals surface area contributed by atoms with E-state index in [0.29, 0.717) is 6.07 Å². The van der Waals surface area contributed by atoms with Gasteiger partial charge in [-0.1, -0.05) is 11.6 Å². The van der Waals surface area contributed by atoms with Crippen LogP contribution in [0, 0.1) is 0 Å². The number of aromatic carboxylic acids is 1. The van der Waals surface area contributed by atoms with Gasteiger partial charge in [0.25, 0.3) is 5.91 Å². The number of hydrogen-bond acceptors (Lipinski definition) is 4. The van der Waals surface area contributed by atoms with Gasteiger partial charge in [-0.05, 0) is 43.3 Å². The summed E-state index contributed by atoms with van der Waals surface area (Å²) in [5, 5.41) is 11.3. The fourth-order valence-electron chi connectivity index (χ4n) is 2.83. The Morgan fingerprint density at radius 2 is 1.93 bits per heavy atom. The summed E-state index contributed by atoms with van der Waals surface area (Å²) in [6, 6.07) is 6.26. The number of hydrogen-bond donors (Lipinski definition) is 2. The molecule has 0 bridgehead atoms. The van der Waals surface area contributed by atoms with Gasteiger partial charge >= 0.3 is 12.1 Å². The molecule has 158 valence electrons. The second-order valence-corrected chi connectivity index (χ2v) is 6.82. The number of alkyl halides is 3. The number of fused-ring (bicyclic) bond motifs is 1. The molecule has 0 saturated heterocycles. The van der Waals surface area contributed by atoms with E-state index in [4.69, 9.17) is 21.4 Å². The number of amides is 2. The molecule has 0 aromatic heterocycles. The Balaban J connectivity index is 1.87. The van der Waals surface area contributed by atoms with Crippen LogP contribution in [0.5, 0.6) is 5.75 Å². The summed E-state index contributed by atoms with van der Waals surface area (Å²) < 4.78 is 44.1. The van der Waals surface area contributed by atoms with Crippen LogP contribution >= 0.6 is 11.6 Å². The fourth-order valence-corrected chi connectivity index (χ4v) is 3.00. The summed E-state index contributed by atoms with van der Waals surface area (Å²) in [6.07, 6.45) is -5.58. The molecule has 0 saturated carbocycles. The van der Waals surface area contributed by atoms with E-state index in [9.17, 15) is 27.6 Å². The predicted molar refractivity (Wildman–Crippen MR) is 101 cm³/mol. The standard InChI is InChI=1S/C19H14ClF3N2O5/c1-9-17(27)25(14-6-10(18(28)29)2-5-15(14)30-9)8-16(26)24-13-7-11(19(21,22)23)3-4-12(13)20/h2-7,9H,8H2,1H3,(H,24,26)(H,28,29). The molecule has 30 heavy (non-hydrogen) atoms. The summed E-state index contributed by atoms with van der Waals surface area (Å²) in [4.78, 5) is 37.2. The molecular formula is C19H14ClF3N2O5. The number of halogens is 4. The first-order valence-corrected chi connectivity index (χ1v) is 8.87. The zero-order valence-electron chi connectivity index (χ0n) is 15.3. The highest BCUT2D eigenvalue weighted by Gasteiger charge is 2.34. The molecule has 7 nitrogen and oxygen atoms in total. The van der Waals surface area contributed by atoms with Crippen molar-refractivity contribution in [3.63, 3.8) is 0 Å². The first-order chi connectivity index (χ1) is 14.0. The lowest BCUT2D eigenvalue weighted by Crippen LogP contribution is -2.47. The number of ether oxygens (including phenoxy) is 1. The second-order valence-electron chi connectivity index (χ2n) is 6.41. The third-order valence-electron chi connectivity index (χ3n) is 4.28. The molecule has 1 aliphatic heterocycles. The molecule has 1 aliphatic rings. The Labute approximate surface area is 173 Å². The SMILES string of the molecule is CC1Oc2ccc(C(=O)O)cc2N(CC(=O)Nc2cc(C(F)(F)F)ccc2Cl)C1=O. The Kier molecular flexibility index (Phi) is 5.62. The Morgan fingerprint density at radius 3 is 2.57 bits per heavy atom. The molecule has 0 spiro atoms. The number of carboxylic acid groups (broad SMARTS) is 1. The molecule has 1 atom stereocenters. The van der Waals surface area contributed by atoms with E-state index in [1.807, 2.05) is 0 Å². The van der Waals surface area contributed by atoms with Crippen LogP contribution in [0.4, 0.5) is 24.5 Å². The van der Waals surface area contributed by atoms with Gasteiger partial charge in [0.15, 0.2) is 6.10 Å². The van der Waals surface area contributed by atoms with Crippen LogP contribution in [0.25, 0.3) is 0 Å². The van der Waals surface area contributed by atoms with Crippen LogP contribution in [0.1, 0.15) is 22.8 Å². The minimum Gasteiger partial charge on any atom is -0.479 e. The average Bonchev–Trinajstić information content (AvgIpc) is 2.65. The van der Waals surface area contributed by atoms with Crippen molar-refractivity contribution in [1.82, 2.24) is 0 Å². The molecule has 0 aliphatic carbocycles. The van der Waals surface area contributed by atoms with E-state index in [2.05, 4.69) is 5.32 Å². The molecule has 0 radical (unpaired) electrons. The van der Waals surface area contributed by atoms with Crippen molar-refractivity contribution in [3.05, 3.63) is 52.5 Å². The van der Waals surface area contributed by atoms with Crippen LogP contribution in [0.3, 0.4) is 0 Å². The normalized spacial score (nSPS) is 16.0. The molecule has 1 unspecified atom stereocenters. The first-order valence-electron chi connectivity index (χ1n) is 8.49. The van der Waals surface area contributed by atoms with Crippen molar-refractivity contribution in [2.75, 3.05) is 16.8 Å². The van der Waals surface area contributed by atoms with Gasteiger partial charge in [-0.25, -0.2) is 4.79 Å². The van der Waals surface area contributed by atoms with Crippen LogP contribution < -0.4 is 15.0 Å². The highest BCUT2D eigenvalue weighted by Crippen LogP contribution is 2.36. The van der Waals surface area contributed by atoms with Crippen molar-refractivity contribution in [1.29, 1.82) is 0 Å². The maximum atomic E-state index is 12.9. The number of carboxylic acids is 1. The summed E-state index contributed by atoms with van der Waals surface area (Å²) in [5.41, 5.74) is -1.35. The summed E-state index contributed by atoms with van der Waals surface area (Å²) in [5.74, 6) is -2.50. The van der Waals surface area contributed by atoms with E-state index in [1.165, 1.54) is 25.1 Å². The molecule has 1 heterocycles. The maximum absolute atomic E-state index is 12.9. The second kappa shape index (κ2) is 7.86. The monoisotopic (exact) mass is 442 g/mol. The van der Waals surface area contributed by atoms with Crippen LogP contribution in [-0.2, 0) is 15.8 Å². The molecule has 2 aromatic carbocycles. The maximum Gasteiger partial charge on any atom is 0.416 e. The van der Waals surface area contributed by atoms with Crippen molar-refractivity contribution in [3.8, 4) is 5.75 Å². The van der Waals surface area contributed by atoms with Gasteiger partial charge in [-0.3, -0.25) is 14.5 Å². The van der Waals surface area contributed by atoms with E-state index in [1.54, 1.807) is 0 Å². The van der Waals surface area contributed by atoms with Gasteiger partial charge in [-0.2, -0.15) is 13.2 Å². The summed E-state index contributed by atoms with van der Waals surface area (Å²) in [7, 11) is 0. The number of carbonyl (C=O) groups is 3. The van der Waals surface area contributed by atoms with E-state index < -0.39 is 42.2 Å². The van der Waals surface area contributed by atoms with Crippen LogP contribution in [-0.4, -0.2) is 35.5 Å². The third-order valence-corrected chi connectivity index (χ3v) is 4.61. The number of nitrogens with zero attached hydrogens (tertiary/aromatic N) is 1. The lowest BCUT2D eigenvalue weighted by atomic mass is 10.1. The molecule has 2 aromatic rings. The number of nitrogens with one attached hydrogen (secondary N) is 1. The summed E-state index contributed by atoms with van der Waals surface area (Å²) >= 11 is 5.87. The Hall–Kier alpha value is -3.27. The van der Waals surface area contributed by atoms with Gasteiger partial charge in [0.2, 0.25) is 5.91 Å². The topological polar surface area (TPSA) is 95.9 Å². The highest BCUT2D eigenvalue weighted by molar-refractivity contribution is 6.33. The van der Waals surface area contributed by atoms with Crippen molar-refractivity contribution < 1.29 is 37.4 Å². The Morgan fingerprint density at radius 1 is 1.23 bits per heavy atom. The predicted octanol–water partition coefficient (Wildman–Crippen LogP) is 3.81. The molecule has 11 heteroatoms. The minimum absolute atomic E-state index is 0.0586. The van der Waals surface area contributed by atoms with E-state index in [-0.39, 0.29) is 27.7 Å². The van der Waals surface area contributed by atoms with Gasteiger partial charge in [0.1, 0.15) is 12.3 Å². The van der Waals surface area contributed by atoms with Crippen molar-refractivity contribution in [2.45, 2.75) is 19.2 Å². The first kappa shape index (κ1) is 21.4. The Bertz CT molecular complexity index is 1040. The molecule has 3 rings (SSSR count). The number of carbonyl (C=O) groups excluding carboxylic acids is 2. The average molecular weight is 443 g/mol. The number of benzene rings is 2. The van der Waals surface area contributed by atoms with Crippen LogP contribution in [0.15, 0.2) is 36.4 Å². The van der Waals surface area contributed by atoms with Crippen LogP contribution in [0.2, 0.25) is 5.02 Å². The lowest BCUT2D eigenvalue weighted by Gasteiger charge is -2.32. The van der Waals surface area contributed by atoms with E-state index >= 15 is 0 Å². The third kappa shape index (κ3) is 4.33. The minimum atomic E-state index is -4.63. The van der Waals surface area contributed by atoms with Crippen molar-refractivity contribution >= 4 is 40.8 Å². The van der Waals surface area contributed by atoms with Gasteiger partial charge < -0.3 is 15.2 Å². The number of anilines is 2. The highest BCUT2D eigenvalue weighted by atomic mass is 35.5. The van der Waals surface area contributed by atoms with Gasteiger partial charge in [0, 0.05) is 0 Å². The zero-order chi connectivity index (χ0) is 22.2. The van der Waals surface area contributed by atoms with E-state index in [0.717, 1.165) is 17.0 Å². The lowest BCUT2D eigenvalue weighted by molar-refractivity contribution is -0.137. The van der Waals surface area contributed by atoms with Crippen molar-refractivity contribution in [2.24, 2.45) is 0 Å². The van der Waals surface area contributed by atoms with Gasteiger partial charge in [0.05, 0.1) is 27.5 Å². The molecule has 2 amide bonds. The molecular weight excluding hydrogens is 429 g/mol. The quantitative estimate of drug-likeness (QED) is 0.750. The number of rotatable bonds is 4. The molecule has 2 N–H and O–H groups in total. The zero-order valence-corrected chi connectivity index (χ0v) is 16.0. The largest absolute Gasteiger partial charge is 0.479 e.